The molecule has 0 atom stereocenters. The molecule has 1 heterocycles. The number of methoxy groups -OCH3 is 1. The van der Waals surface area contributed by atoms with Gasteiger partial charge in [0.15, 0.2) is 11.5 Å². The minimum atomic E-state index is 0.266. The van der Waals surface area contributed by atoms with Crippen LogP contribution in [0.1, 0.15) is 16.7 Å². The molecule has 0 aromatic heterocycles. The lowest BCUT2D eigenvalue weighted by atomic mass is 10.0. The van der Waals surface area contributed by atoms with Crippen LogP contribution in [0.2, 0.25) is 0 Å². The molecule has 0 unspecified atom stereocenters. The van der Waals surface area contributed by atoms with E-state index in [1.165, 1.54) is 11.1 Å². The molecule has 2 aromatic carbocycles. The van der Waals surface area contributed by atoms with Crippen molar-refractivity contribution in [1.29, 1.82) is 0 Å². The number of ether oxygens (including phenoxy) is 1. The average Bonchev–Trinajstić information content (AvgIpc) is 2.72. The van der Waals surface area contributed by atoms with Gasteiger partial charge in [0.2, 0.25) is 0 Å². The van der Waals surface area contributed by atoms with E-state index in [9.17, 15) is 5.11 Å². The van der Waals surface area contributed by atoms with Gasteiger partial charge in [0.1, 0.15) is 0 Å². The summed E-state index contributed by atoms with van der Waals surface area (Å²) in [6, 6.07) is 14.4. The smallest absolute Gasteiger partial charge is 0.162 e. The van der Waals surface area contributed by atoms with Crippen LogP contribution in [0.5, 0.6) is 11.5 Å². The summed E-state index contributed by atoms with van der Waals surface area (Å²) in [7, 11) is 1.58. The number of nitrogens with zero attached hydrogens (tertiary/aromatic N) is 1. The maximum Gasteiger partial charge on any atom is 0.162 e. The summed E-state index contributed by atoms with van der Waals surface area (Å²) in [6.07, 6.45) is 2.14. The molecule has 0 spiro atoms. The standard InChI is InChI=1S/C18H21NO2/c1-21-17-8-4-7-16(18(17)20)13-19-11-9-14-5-2-3-6-15(14)10-12-19/h2-8,20H,9-13H2,1H3. The monoisotopic (exact) mass is 283 g/mol. The second kappa shape index (κ2) is 6.19. The maximum atomic E-state index is 10.2. The third kappa shape index (κ3) is 3.03. The number of phenols is 1. The zero-order valence-electron chi connectivity index (χ0n) is 12.4. The second-order valence-electron chi connectivity index (χ2n) is 5.51. The molecule has 1 aliphatic rings. The SMILES string of the molecule is COc1cccc(CN2CCc3ccccc3CC2)c1O. The van der Waals surface area contributed by atoms with Crippen LogP contribution in [-0.4, -0.2) is 30.2 Å². The lowest BCUT2D eigenvalue weighted by Crippen LogP contribution is -2.26. The number of phenolic OH excluding ortho intramolecular Hbond substituents is 1. The fourth-order valence-corrected chi connectivity index (χ4v) is 2.97. The highest BCUT2D eigenvalue weighted by Gasteiger charge is 2.16. The van der Waals surface area contributed by atoms with Gasteiger partial charge >= 0.3 is 0 Å². The largest absolute Gasteiger partial charge is 0.504 e. The van der Waals surface area contributed by atoms with Crippen molar-refractivity contribution in [2.24, 2.45) is 0 Å². The lowest BCUT2D eigenvalue weighted by Gasteiger charge is -2.20. The number of para-hydroxylation sites is 1. The minimum Gasteiger partial charge on any atom is -0.504 e. The Morgan fingerprint density at radius 3 is 2.29 bits per heavy atom. The van der Waals surface area contributed by atoms with E-state index < -0.39 is 0 Å². The summed E-state index contributed by atoms with van der Waals surface area (Å²) in [5.41, 5.74) is 3.84. The van der Waals surface area contributed by atoms with Gasteiger partial charge in [0.05, 0.1) is 7.11 Å². The Hall–Kier alpha value is -2.00. The fourth-order valence-electron chi connectivity index (χ4n) is 2.97. The van der Waals surface area contributed by atoms with E-state index in [-0.39, 0.29) is 5.75 Å². The predicted molar refractivity (Wildman–Crippen MR) is 83.8 cm³/mol. The number of hydrogen-bond acceptors (Lipinski definition) is 3. The fraction of sp³-hybridized carbons (Fsp3) is 0.333. The highest BCUT2D eigenvalue weighted by molar-refractivity contribution is 5.45. The van der Waals surface area contributed by atoms with Crippen molar-refractivity contribution in [1.82, 2.24) is 4.90 Å². The summed E-state index contributed by atoms with van der Waals surface area (Å²) < 4.78 is 5.18. The molecule has 2 aromatic rings. The Bertz CT molecular complexity index is 597. The number of fused-ring (bicyclic) bond motifs is 1. The van der Waals surface area contributed by atoms with E-state index in [0.29, 0.717) is 5.75 Å². The van der Waals surface area contributed by atoms with Gasteiger partial charge in [-0.25, -0.2) is 0 Å². The minimum absolute atomic E-state index is 0.266. The first-order valence-electron chi connectivity index (χ1n) is 7.42. The molecule has 0 aliphatic carbocycles. The normalized spacial score (nSPS) is 15.3. The Kier molecular flexibility index (Phi) is 4.11. The lowest BCUT2D eigenvalue weighted by molar-refractivity contribution is 0.273. The van der Waals surface area contributed by atoms with Crippen molar-refractivity contribution in [3.05, 3.63) is 59.2 Å². The summed E-state index contributed by atoms with van der Waals surface area (Å²) in [5, 5.41) is 10.2. The molecule has 0 bridgehead atoms. The van der Waals surface area contributed by atoms with E-state index in [1.54, 1.807) is 13.2 Å². The summed E-state index contributed by atoms with van der Waals surface area (Å²) >= 11 is 0. The van der Waals surface area contributed by atoms with Gasteiger partial charge in [0, 0.05) is 25.2 Å². The zero-order valence-corrected chi connectivity index (χ0v) is 12.4. The van der Waals surface area contributed by atoms with Crippen molar-refractivity contribution in [3.63, 3.8) is 0 Å². The number of aromatic hydroxyl groups is 1. The van der Waals surface area contributed by atoms with Crippen LogP contribution in [0.3, 0.4) is 0 Å². The summed E-state index contributed by atoms with van der Waals surface area (Å²) in [4.78, 5) is 2.40. The van der Waals surface area contributed by atoms with E-state index in [4.69, 9.17) is 4.74 Å². The molecule has 21 heavy (non-hydrogen) atoms. The van der Waals surface area contributed by atoms with Crippen molar-refractivity contribution in [2.45, 2.75) is 19.4 Å². The number of benzene rings is 2. The third-order valence-corrected chi connectivity index (χ3v) is 4.21. The van der Waals surface area contributed by atoms with Gasteiger partial charge in [-0.3, -0.25) is 4.90 Å². The third-order valence-electron chi connectivity index (χ3n) is 4.21. The molecule has 110 valence electrons. The molecule has 0 radical (unpaired) electrons. The molecular formula is C18H21NO2. The number of rotatable bonds is 3. The first kappa shape index (κ1) is 14.0. The van der Waals surface area contributed by atoms with Crippen LogP contribution in [0.25, 0.3) is 0 Å². The second-order valence-corrected chi connectivity index (χ2v) is 5.51. The Labute approximate surface area is 125 Å². The van der Waals surface area contributed by atoms with Gasteiger partial charge in [-0.2, -0.15) is 0 Å². The van der Waals surface area contributed by atoms with Crippen LogP contribution in [0.15, 0.2) is 42.5 Å². The van der Waals surface area contributed by atoms with Crippen LogP contribution in [0, 0.1) is 0 Å². The van der Waals surface area contributed by atoms with E-state index in [2.05, 4.69) is 29.2 Å². The van der Waals surface area contributed by atoms with Crippen LogP contribution in [-0.2, 0) is 19.4 Å². The highest BCUT2D eigenvalue weighted by atomic mass is 16.5. The van der Waals surface area contributed by atoms with Crippen molar-refractivity contribution in [3.8, 4) is 11.5 Å². The first-order valence-corrected chi connectivity index (χ1v) is 7.42. The molecule has 3 heteroatoms. The Balaban J connectivity index is 1.73. The zero-order chi connectivity index (χ0) is 14.7. The molecule has 3 rings (SSSR count). The first-order chi connectivity index (χ1) is 10.3. The molecule has 0 amide bonds. The van der Waals surface area contributed by atoms with Crippen molar-refractivity contribution >= 4 is 0 Å². The van der Waals surface area contributed by atoms with Crippen LogP contribution >= 0.6 is 0 Å². The van der Waals surface area contributed by atoms with E-state index >= 15 is 0 Å². The summed E-state index contributed by atoms with van der Waals surface area (Å²) in [6.45, 7) is 2.80. The van der Waals surface area contributed by atoms with Gasteiger partial charge in [-0.05, 0) is 30.0 Å². The molecule has 0 saturated carbocycles. The van der Waals surface area contributed by atoms with Crippen LogP contribution in [0.4, 0.5) is 0 Å². The van der Waals surface area contributed by atoms with Gasteiger partial charge in [0.25, 0.3) is 0 Å². The van der Waals surface area contributed by atoms with Crippen molar-refractivity contribution in [2.75, 3.05) is 20.2 Å². The maximum absolute atomic E-state index is 10.2. The summed E-state index contributed by atoms with van der Waals surface area (Å²) in [5.74, 6) is 0.812. The average molecular weight is 283 g/mol. The van der Waals surface area contributed by atoms with Gasteiger partial charge < -0.3 is 9.84 Å². The van der Waals surface area contributed by atoms with Gasteiger partial charge in [-0.1, -0.05) is 36.4 Å². The quantitative estimate of drug-likeness (QED) is 0.940. The molecule has 1 N–H and O–H groups in total. The molecule has 0 fully saturated rings. The highest BCUT2D eigenvalue weighted by Crippen LogP contribution is 2.30. The Morgan fingerprint density at radius 2 is 1.67 bits per heavy atom. The van der Waals surface area contributed by atoms with E-state index in [1.807, 2.05) is 12.1 Å². The molecule has 1 aliphatic heterocycles. The van der Waals surface area contributed by atoms with Crippen molar-refractivity contribution < 1.29 is 9.84 Å². The van der Waals surface area contributed by atoms with Gasteiger partial charge in [-0.15, -0.1) is 0 Å². The molecular weight excluding hydrogens is 262 g/mol. The predicted octanol–water partition coefficient (Wildman–Crippen LogP) is 3.00. The van der Waals surface area contributed by atoms with Crippen LogP contribution < -0.4 is 4.74 Å². The number of hydrogen-bond donors (Lipinski definition) is 1. The topological polar surface area (TPSA) is 32.7 Å². The Morgan fingerprint density at radius 1 is 1.00 bits per heavy atom. The molecule has 0 saturated heterocycles. The molecule has 3 nitrogen and oxygen atoms in total. The van der Waals surface area contributed by atoms with E-state index in [0.717, 1.165) is 38.0 Å².